The lowest BCUT2D eigenvalue weighted by Gasteiger charge is -2.32. The summed E-state index contributed by atoms with van der Waals surface area (Å²) in [5.74, 6) is -0.116. The number of carbonyl (C=O) groups excluding carboxylic acids is 1. The van der Waals surface area contributed by atoms with E-state index in [2.05, 4.69) is 11.1 Å². The van der Waals surface area contributed by atoms with Gasteiger partial charge in [-0.05, 0) is 62.3 Å². The van der Waals surface area contributed by atoms with Crippen molar-refractivity contribution in [3.05, 3.63) is 40.4 Å². The number of aromatic nitrogens is 1. The molecule has 1 amide bonds. The predicted octanol–water partition coefficient (Wildman–Crippen LogP) is 2.95. The molecular weight excluding hydrogens is 436 g/mol. The van der Waals surface area contributed by atoms with Gasteiger partial charge in [0.25, 0.3) is 5.91 Å². The number of anilines is 2. The summed E-state index contributed by atoms with van der Waals surface area (Å²) in [5.41, 5.74) is 1.47. The van der Waals surface area contributed by atoms with Gasteiger partial charge in [0.2, 0.25) is 10.0 Å². The van der Waals surface area contributed by atoms with Gasteiger partial charge in [-0.1, -0.05) is 6.42 Å². The second-order valence-corrected chi connectivity index (χ2v) is 10.9. The molecule has 10 heteroatoms. The summed E-state index contributed by atoms with van der Waals surface area (Å²) in [6, 6.07) is 9.27. The summed E-state index contributed by atoms with van der Waals surface area (Å²) in [4.78, 5) is 19.5. The summed E-state index contributed by atoms with van der Waals surface area (Å²) >= 11 is 1.32. The van der Waals surface area contributed by atoms with E-state index in [9.17, 15) is 18.3 Å². The van der Waals surface area contributed by atoms with E-state index in [0.717, 1.165) is 37.6 Å². The number of aliphatic hydroxyl groups is 1. The van der Waals surface area contributed by atoms with Gasteiger partial charge in [0.15, 0.2) is 5.13 Å². The molecule has 1 heterocycles. The minimum atomic E-state index is -3.69. The highest BCUT2D eigenvalue weighted by molar-refractivity contribution is 7.89. The van der Waals surface area contributed by atoms with E-state index in [-0.39, 0.29) is 18.2 Å². The van der Waals surface area contributed by atoms with Crippen LogP contribution < -0.4 is 9.62 Å². The number of nitrogens with zero attached hydrogens (tertiary/aromatic N) is 3. The molecule has 2 atom stereocenters. The van der Waals surface area contributed by atoms with Crippen molar-refractivity contribution in [3.8, 4) is 6.07 Å². The molecule has 0 saturated heterocycles. The molecule has 1 aliphatic carbocycles. The lowest BCUT2D eigenvalue weighted by Crippen LogP contribution is -2.31. The highest BCUT2D eigenvalue weighted by atomic mass is 32.2. The van der Waals surface area contributed by atoms with E-state index >= 15 is 0 Å². The van der Waals surface area contributed by atoms with Crippen molar-refractivity contribution < 1.29 is 18.3 Å². The first kappa shape index (κ1) is 23.2. The molecule has 31 heavy (non-hydrogen) atoms. The highest BCUT2D eigenvalue weighted by Gasteiger charge is 2.27. The Hall–Kier alpha value is -2.48. The fourth-order valence-corrected chi connectivity index (χ4v) is 5.30. The number of rotatable bonds is 7. The first-order valence-electron chi connectivity index (χ1n) is 10.1. The van der Waals surface area contributed by atoms with Crippen molar-refractivity contribution in [1.29, 1.82) is 5.26 Å². The van der Waals surface area contributed by atoms with E-state index in [0.29, 0.717) is 28.0 Å². The Labute approximate surface area is 186 Å². The third-order valence-electron chi connectivity index (χ3n) is 5.41. The van der Waals surface area contributed by atoms with Crippen LogP contribution in [0.4, 0.5) is 10.8 Å². The van der Waals surface area contributed by atoms with Crippen LogP contribution in [0.1, 0.15) is 46.6 Å². The molecular formula is C21H26N4O4S2. The van der Waals surface area contributed by atoms with Crippen molar-refractivity contribution in [3.63, 3.8) is 0 Å². The molecule has 3 rings (SSSR count). The molecule has 2 aromatic rings. The lowest BCUT2D eigenvalue weighted by atomic mass is 9.81. The molecule has 1 saturated carbocycles. The highest BCUT2D eigenvalue weighted by Crippen LogP contribution is 2.36. The van der Waals surface area contributed by atoms with E-state index < -0.39 is 15.9 Å². The van der Waals surface area contributed by atoms with Crippen LogP contribution in [0.5, 0.6) is 0 Å². The minimum Gasteiger partial charge on any atom is -0.396 e. The monoisotopic (exact) mass is 462 g/mol. The average molecular weight is 463 g/mol. The lowest BCUT2D eigenvalue weighted by molar-refractivity contribution is 0.0977. The Kier molecular flexibility index (Phi) is 7.30. The normalized spacial score (nSPS) is 18.9. The minimum absolute atomic E-state index is 0.0842. The van der Waals surface area contributed by atoms with Crippen LogP contribution in [0.25, 0.3) is 0 Å². The molecule has 166 valence electrons. The van der Waals surface area contributed by atoms with Crippen LogP contribution in [0.15, 0.2) is 24.3 Å². The summed E-state index contributed by atoms with van der Waals surface area (Å²) in [6.07, 6.45) is 4.95. The van der Waals surface area contributed by atoms with Crippen LogP contribution >= 0.6 is 11.3 Å². The molecule has 8 nitrogen and oxygen atoms in total. The number of nitriles is 1. The standard InChI is InChI=1S/C21H26N4O4S2/c1-14-19(20(27)24-31(2,28)29)23-21(30-14)25(18-8-6-15(11-22)7-9-18)12-16-4-3-5-17(10-16)13-26/h6-9,16-17,26H,3-5,10,12-13H2,1-2H3,(H,24,27)/t16-,17+/m0/s1. The SMILES string of the molecule is Cc1sc(N(C[C@H]2CCC[C@@H](CO)C2)c2ccc(C#N)cc2)nc1C(=O)NS(C)(=O)=O. The molecule has 1 aromatic heterocycles. The van der Waals surface area contributed by atoms with Crippen molar-refractivity contribution in [1.82, 2.24) is 9.71 Å². The zero-order chi connectivity index (χ0) is 22.6. The summed E-state index contributed by atoms with van der Waals surface area (Å²) in [7, 11) is -3.69. The number of nitrogens with one attached hydrogen (secondary N) is 1. The molecule has 1 aliphatic rings. The largest absolute Gasteiger partial charge is 0.396 e. The maximum absolute atomic E-state index is 12.4. The summed E-state index contributed by atoms with van der Waals surface area (Å²) < 4.78 is 24.9. The van der Waals surface area contributed by atoms with E-state index in [1.54, 1.807) is 19.1 Å². The zero-order valence-electron chi connectivity index (χ0n) is 17.5. The number of aliphatic hydroxyl groups excluding tert-OH is 1. The second kappa shape index (κ2) is 9.77. The second-order valence-electron chi connectivity index (χ2n) is 7.96. The number of hydrogen-bond donors (Lipinski definition) is 2. The maximum Gasteiger partial charge on any atom is 0.284 e. The zero-order valence-corrected chi connectivity index (χ0v) is 19.2. The quantitative estimate of drug-likeness (QED) is 0.648. The summed E-state index contributed by atoms with van der Waals surface area (Å²) in [5, 5.41) is 19.3. The fourth-order valence-electron chi connectivity index (χ4n) is 3.93. The van der Waals surface area contributed by atoms with Crippen LogP contribution in [-0.4, -0.2) is 43.8 Å². The maximum atomic E-state index is 12.4. The van der Waals surface area contributed by atoms with Crippen molar-refractivity contribution in [2.45, 2.75) is 32.6 Å². The van der Waals surface area contributed by atoms with E-state index in [1.165, 1.54) is 11.3 Å². The van der Waals surface area contributed by atoms with Gasteiger partial charge in [0.05, 0.1) is 17.9 Å². The Morgan fingerprint density at radius 2 is 2.00 bits per heavy atom. The van der Waals surface area contributed by atoms with Gasteiger partial charge in [0.1, 0.15) is 5.69 Å². The first-order chi connectivity index (χ1) is 14.7. The first-order valence-corrected chi connectivity index (χ1v) is 12.8. The third-order valence-corrected chi connectivity index (χ3v) is 6.96. The number of thiazole rings is 1. The van der Waals surface area contributed by atoms with Gasteiger partial charge in [0, 0.05) is 23.7 Å². The van der Waals surface area contributed by atoms with Gasteiger partial charge in [-0.3, -0.25) is 4.79 Å². The number of hydrogen-bond acceptors (Lipinski definition) is 8. The predicted molar refractivity (Wildman–Crippen MR) is 120 cm³/mol. The van der Waals surface area contributed by atoms with Crippen molar-refractivity contribution >= 4 is 38.1 Å². The van der Waals surface area contributed by atoms with Crippen LogP contribution in [0.2, 0.25) is 0 Å². The number of carbonyl (C=O) groups is 1. The smallest absolute Gasteiger partial charge is 0.284 e. The van der Waals surface area contributed by atoms with Gasteiger partial charge < -0.3 is 10.0 Å². The topological polar surface area (TPSA) is 123 Å². The molecule has 1 fully saturated rings. The molecule has 0 bridgehead atoms. The van der Waals surface area contributed by atoms with Crippen molar-refractivity contribution in [2.75, 3.05) is 24.3 Å². The molecule has 0 radical (unpaired) electrons. The van der Waals surface area contributed by atoms with Gasteiger partial charge >= 0.3 is 0 Å². The average Bonchev–Trinajstić information content (AvgIpc) is 3.12. The van der Waals surface area contributed by atoms with E-state index in [4.69, 9.17) is 5.26 Å². The Morgan fingerprint density at radius 3 is 2.61 bits per heavy atom. The third kappa shape index (κ3) is 6.03. The molecule has 0 aliphatic heterocycles. The van der Waals surface area contributed by atoms with Crippen LogP contribution in [0, 0.1) is 30.1 Å². The van der Waals surface area contributed by atoms with Crippen molar-refractivity contribution in [2.24, 2.45) is 11.8 Å². The Balaban J connectivity index is 1.93. The molecule has 0 spiro atoms. The Morgan fingerprint density at radius 1 is 1.32 bits per heavy atom. The number of sulfonamides is 1. The number of aryl methyl sites for hydroxylation is 1. The molecule has 0 unspecified atom stereocenters. The molecule has 2 N–H and O–H groups in total. The van der Waals surface area contributed by atoms with Gasteiger partial charge in [-0.25, -0.2) is 18.1 Å². The van der Waals surface area contributed by atoms with Crippen LogP contribution in [0.3, 0.4) is 0 Å². The fraction of sp³-hybridized carbons (Fsp3) is 0.476. The number of amides is 1. The summed E-state index contributed by atoms with van der Waals surface area (Å²) in [6.45, 7) is 2.57. The van der Waals surface area contributed by atoms with E-state index in [1.807, 2.05) is 21.8 Å². The van der Waals surface area contributed by atoms with Gasteiger partial charge in [-0.2, -0.15) is 5.26 Å². The van der Waals surface area contributed by atoms with Crippen LogP contribution in [-0.2, 0) is 10.0 Å². The molecule has 1 aromatic carbocycles. The number of benzene rings is 1. The Bertz CT molecular complexity index is 1070. The van der Waals surface area contributed by atoms with Gasteiger partial charge in [-0.15, -0.1) is 11.3 Å².